The first-order valence-electron chi connectivity index (χ1n) is 7.09. The Morgan fingerprint density at radius 1 is 1.24 bits per heavy atom. The van der Waals surface area contributed by atoms with Gasteiger partial charge in [0.25, 0.3) is 5.91 Å². The zero-order chi connectivity index (χ0) is 18.6. The fourth-order valence-electron chi connectivity index (χ4n) is 2.09. The molecular weight excluding hydrogens is 347 g/mol. The second kappa shape index (κ2) is 7.71. The highest BCUT2D eigenvalue weighted by Gasteiger charge is 2.24. The highest BCUT2D eigenvalue weighted by Crippen LogP contribution is 2.33. The molecule has 0 aliphatic carbocycles. The summed E-state index contributed by atoms with van der Waals surface area (Å²) in [6.45, 7) is 1.55. The molecule has 2 aromatic rings. The molecule has 1 aromatic heterocycles. The summed E-state index contributed by atoms with van der Waals surface area (Å²) < 4.78 is 17.5. The van der Waals surface area contributed by atoms with E-state index in [2.05, 4.69) is 10.1 Å². The van der Waals surface area contributed by atoms with Crippen molar-refractivity contribution < 1.29 is 23.5 Å². The lowest BCUT2D eigenvalue weighted by molar-refractivity contribution is -0.111. The number of thiophene rings is 1. The van der Waals surface area contributed by atoms with Crippen LogP contribution in [0.2, 0.25) is 0 Å². The van der Waals surface area contributed by atoms with Crippen LogP contribution in [0.25, 0.3) is 6.08 Å². The largest absolute Gasteiger partial charge is 0.465 e. The standard InChI is InChI=1S/C17H15FN2O4S/c1-9-13(15(19)22)16(25-14(9)17(23)24-2)20-12(21)8-5-10-3-6-11(18)7-4-10/h3-8H,1-2H3,(H2,19,22)(H,20,21)/b8-5+. The van der Waals surface area contributed by atoms with E-state index in [4.69, 9.17) is 5.73 Å². The third-order valence-electron chi connectivity index (χ3n) is 3.30. The Hall–Kier alpha value is -3.00. The summed E-state index contributed by atoms with van der Waals surface area (Å²) in [5.74, 6) is -2.28. The van der Waals surface area contributed by atoms with Crippen LogP contribution in [-0.4, -0.2) is 24.9 Å². The van der Waals surface area contributed by atoms with Crippen molar-refractivity contribution in [2.24, 2.45) is 5.73 Å². The smallest absolute Gasteiger partial charge is 0.348 e. The van der Waals surface area contributed by atoms with Gasteiger partial charge in [-0.1, -0.05) is 12.1 Å². The first kappa shape index (κ1) is 18.3. The Kier molecular flexibility index (Phi) is 5.66. The number of carbonyl (C=O) groups excluding carboxylic acids is 3. The van der Waals surface area contributed by atoms with Gasteiger partial charge in [0.1, 0.15) is 15.7 Å². The van der Waals surface area contributed by atoms with Crippen molar-refractivity contribution >= 4 is 40.2 Å². The molecule has 0 fully saturated rings. The van der Waals surface area contributed by atoms with Crippen LogP contribution < -0.4 is 11.1 Å². The van der Waals surface area contributed by atoms with Gasteiger partial charge < -0.3 is 15.8 Å². The van der Waals surface area contributed by atoms with E-state index in [1.165, 1.54) is 43.5 Å². The van der Waals surface area contributed by atoms with E-state index in [0.29, 0.717) is 11.1 Å². The molecule has 2 rings (SSSR count). The second-order valence-electron chi connectivity index (χ2n) is 4.99. The van der Waals surface area contributed by atoms with Crippen LogP contribution in [0.1, 0.15) is 31.2 Å². The Balaban J connectivity index is 2.23. The molecular formula is C17H15FN2O4S. The molecule has 6 nitrogen and oxygen atoms in total. The van der Waals surface area contributed by atoms with E-state index in [9.17, 15) is 18.8 Å². The number of rotatable bonds is 5. The first-order chi connectivity index (χ1) is 11.8. The predicted molar refractivity (Wildman–Crippen MR) is 93.0 cm³/mol. The van der Waals surface area contributed by atoms with E-state index in [1.807, 2.05) is 0 Å². The lowest BCUT2D eigenvalue weighted by Crippen LogP contribution is -2.16. The number of methoxy groups -OCH3 is 1. The van der Waals surface area contributed by atoms with Gasteiger partial charge in [-0.3, -0.25) is 9.59 Å². The van der Waals surface area contributed by atoms with Crippen molar-refractivity contribution in [2.45, 2.75) is 6.92 Å². The van der Waals surface area contributed by atoms with Crippen LogP contribution in [0.15, 0.2) is 30.3 Å². The average molecular weight is 362 g/mol. The molecule has 1 heterocycles. The average Bonchev–Trinajstić information content (AvgIpc) is 2.89. The summed E-state index contributed by atoms with van der Waals surface area (Å²) in [4.78, 5) is 35.6. The van der Waals surface area contributed by atoms with Gasteiger partial charge in [-0.25, -0.2) is 9.18 Å². The van der Waals surface area contributed by atoms with Crippen molar-refractivity contribution in [3.63, 3.8) is 0 Å². The Bertz CT molecular complexity index is 856. The van der Waals surface area contributed by atoms with Gasteiger partial charge >= 0.3 is 5.97 Å². The number of ether oxygens (including phenoxy) is 1. The minimum atomic E-state index is -0.762. The molecule has 0 atom stereocenters. The van der Waals surface area contributed by atoms with Crippen molar-refractivity contribution in [3.05, 3.63) is 57.7 Å². The number of esters is 1. The Morgan fingerprint density at radius 3 is 2.44 bits per heavy atom. The normalized spacial score (nSPS) is 10.7. The maximum Gasteiger partial charge on any atom is 0.348 e. The lowest BCUT2D eigenvalue weighted by atomic mass is 10.1. The lowest BCUT2D eigenvalue weighted by Gasteiger charge is -2.02. The zero-order valence-corrected chi connectivity index (χ0v) is 14.3. The van der Waals surface area contributed by atoms with Crippen molar-refractivity contribution in [2.75, 3.05) is 12.4 Å². The van der Waals surface area contributed by atoms with E-state index in [1.54, 1.807) is 6.92 Å². The van der Waals surface area contributed by atoms with Gasteiger partial charge in [-0.05, 0) is 36.3 Å². The molecule has 3 N–H and O–H groups in total. The SMILES string of the molecule is COC(=O)c1sc(NC(=O)/C=C/c2ccc(F)cc2)c(C(N)=O)c1C. The van der Waals surface area contributed by atoms with E-state index in [-0.39, 0.29) is 21.3 Å². The quantitative estimate of drug-likeness (QED) is 0.631. The van der Waals surface area contributed by atoms with Crippen LogP contribution in [-0.2, 0) is 9.53 Å². The van der Waals surface area contributed by atoms with Crippen molar-refractivity contribution in [1.29, 1.82) is 0 Å². The summed E-state index contributed by atoms with van der Waals surface area (Å²) in [5, 5.41) is 2.69. The fourth-order valence-corrected chi connectivity index (χ4v) is 3.22. The third kappa shape index (κ3) is 4.30. The highest BCUT2D eigenvalue weighted by molar-refractivity contribution is 7.18. The summed E-state index contributed by atoms with van der Waals surface area (Å²) in [6, 6.07) is 5.57. The molecule has 0 aliphatic heterocycles. The van der Waals surface area contributed by atoms with Gasteiger partial charge in [0.05, 0.1) is 12.7 Å². The maximum atomic E-state index is 12.8. The molecule has 2 amide bonds. The van der Waals surface area contributed by atoms with E-state index < -0.39 is 17.8 Å². The molecule has 25 heavy (non-hydrogen) atoms. The van der Waals surface area contributed by atoms with Crippen LogP contribution in [0.5, 0.6) is 0 Å². The summed E-state index contributed by atoms with van der Waals surface area (Å²) in [5.41, 5.74) is 6.38. The number of carbonyl (C=O) groups is 3. The van der Waals surface area contributed by atoms with Gasteiger partial charge in [0.15, 0.2) is 0 Å². The number of halogens is 1. The summed E-state index contributed by atoms with van der Waals surface area (Å²) in [6.07, 6.45) is 2.71. The Morgan fingerprint density at radius 2 is 1.88 bits per heavy atom. The van der Waals surface area contributed by atoms with Crippen LogP contribution >= 0.6 is 11.3 Å². The van der Waals surface area contributed by atoms with Gasteiger partial charge in [0, 0.05) is 6.08 Å². The molecule has 0 spiro atoms. The number of hydrogen-bond donors (Lipinski definition) is 2. The van der Waals surface area contributed by atoms with Crippen molar-refractivity contribution in [1.82, 2.24) is 0 Å². The maximum absolute atomic E-state index is 12.8. The summed E-state index contributed by atoms with van der Waals surface area (Å²) in [7, 11) is 1.22. The molecule has 0 saturated heterocycles. The minimum Gasteiger partial charge on any atom is -0.465 e. The number of nitrogens with one attached hydrogen (secondary N) is 1. The minimum absolute atomic E-state index is 0.0638. The molecule has 0 unspecified atom stereocenters. The second-order valence-corrected chi connectivity index (χ2v) is 6.01. The number of nitrogens with two attached hydrogens (primary N) is 1. The topological polar surface area (TPSA) is 98.5 Å². The van der Waals surface area contributed by atoms with Gasteiger partial charge in [-0.2, -0.15) is 0 Å². The van der Waals surface area contributed by atoms with Gasteiger partial charge in [-0.15, -0.1) is 11.3 Å². The summed E-state index contributed by atoms with van der Waals surface area (Å²) >= 11 is 0.908. The van der Waals surface area contributed by atoms with Crippen LogP contribution in [0, 0.1) is 12.7 Å². The monoisotopic (exact) mass is 362 g/mol. The zero-order valence-electron chi connectivity index (χ0n) is 13.5. The number of benzene rings is 1. The Labute approximate surface area is 147 Å². The molecule has 0 radical (unpaired) electrons. The number of amides is 2. The van der Waals surface area contributed by atoms with Gasteiger partial charge in [0.2, 0.25) is 5.91 Å². The predicted octanol–water partition coefficient (Wildman–Crippen LogP) is 2.73. The fraction of sp³-hybridized carbons (Fsp3) is 0.118. The van der Waals surface area contributed by atoms with E-state index in [0.717, 1.165) is 11.3 Å². The molecule has 0 saturated carbocycles. The highest BCUT2D eigenvalue weighted by atomic mass is 32.1. The molecule has 0 aliphatic rings. The van der Waals surface area contributed by atoms with E-state index >= 15 is 0 Å². The molecule has 0 bridgehead atoms. The van der Waals surface area contributed by atoms with Crippen LogP contribution in [0.4, 0.5) is 9.39 Å². The van der Waals surface area contributed by atoms with Crippen molar-refractivity contribution in [3.8, 4) is 0 Å². The number of anilines is 1. The first-order valence-corrected chi connectivity index (χ1v) is 7.91. The third-order valence-corrected chi connectivity index (χ3v) is 4.49. The number of primary amides is 1. The van der Waals surface area contributed by atoms with Crippen LogP contribution in [0.3, 0.4) is 0 Å². The molecule has 130 valence electrons. The molecule has 1 aromatic carbocycles. The number of hydrogen-bond acceptors (Lipinski definition) is 5. The molecule has 8 heteroatoms.